The molecular weight excluding hydrogens is 422 g/mol. The first-order valence-electron chi connectivity index (χ1n) is 10.3. The van der Waals surface area contributed by atoms with Crippen molar-refractivity contribution in [2.75, 3.05) is 6.26 Å². The summed E-state index contributed by atoms with van der Waals surface area (Å²) in [5, 5.41) is 7.97. The van der Waals surface area contributed by atoms with Crippen molar-refractivity contribution in [3.63, 3.8) is 0 Å². The summed E-state index contributed by atoms with van der Waals surface area (Å²) in [5.74, 6) is 0.987. The summed E-state index contributed by atoms with van der Waals surface area (Å²) in [5.41, 5.74) is 5.21. The molecule has 1 N–H and O–H groups in total. The molecule has 0 radical (unpaired) electrons. The molecule has 2 aromatic heterocycles. The average molecular weight is 448 g/mol. The lowest BCUT2D eigenvalue weighted by atomic mass is 10.1. The van der Waals surface area contributed by atoms with Crippen molar-refractivity contribution >= 4 is 28.6 Å². The summed E-state index contributed by atoms with van der Waals surface area (Å²) < 4.78 is 11.4. The number of fused-ring (bicyclic) bond motifs is 1. The lowest BCUT2D eigenvalue weighted by Crippen LogP contribution is -2.35. The number of nitrogens with zero attached hydrogens (tertiary/aromatic N) is 2. The van der Waals surface area contributed by atoms with E-state index in [4.69, 9.17) is 9.26 Å². The van der Waals surface area contributed by atoms with Crippen molar-refractivity contribution in [2.24, 2.45) is 0 Å². The molecular formula is C25H25N3O3S. The highest BCUT2D eigenvalue weighted by atomic mass is 32.2. The fraction of sp³-hybridized carbons (Fsp3) is 0.240. The quantitative estimate of drug-likeness (QED) is 0.393. The van der Waals surface area contributed by atoms with Crippen LogP contribution in [0, 0.1) is 20.8 Å². The number of rotatable bonds is 7. The minimum Gasteiger partial charge on any atom is -0.470 e. The number of thioether (sulfide) groups is 1. The van der Waals surface area contributed by atoms with E-state index in [0.717, 1.165) is 33.3 Å². The summed E-state index contributed by atoms with van der Waals surface area (Å²) >= 11 is 1.33. The van der Waals surface area contributed by atoms with Gasteiger partial charge in [-0.25, -0.2) is 0 Å². The van der Waals surface area contributed by atoms with Gasteiger partial charge in [-0.1, -0.05) is 35.0 Å². The van der Waals surface area contributed by atoms with E-state index in [1.807, 2.05) is 75.7 Å². The zero-order valence-corrected chi connectivity index (χ0v) is 19.3. The molecule has 0 fully saturated rings. The Morgan fingerprint density at radius 2 is 1.88 bits per heavy atom. The van der Waals surface area contributed by atoms with Crippen LogP contribution in [0.3, 0.4) is 0 Å². The van der Waals surface area contributed by atoms with E-state index in [0.29, 0.717) is 11.5 Å². The Balaban J connectivity index is 1.41. The second-order valence-electron chi connectivity index (χ2n) is 7.77. The number of pyridine rings is 1. The van der Waals surface area contributed by atoms with Crippen LogP contribution in [-0.4, -0.2) is 27.7 Å². The SMILES string of the molecule is CSC(Oc1cc(C)c2ncc(C)cc2c1)C(=O)NCc1cc(-c2ccc(C)cc2)no1. The highest BCUT2D eigenvalue weighted by Crippen LogP contribution is 2.26. The number of nitrogens with one attached hydrogen (secondary N) is 1. The molecule has 0 bridgehead atoms. The molecule has 0 saturated carbocycles. The summed E-state index contributed by atoms with van der Waals surface area (Å²) in [7, 11) is 0. The molecule has 32 heavy (non-hydrogen) atoms. The van der Waals surface area contributed by atoms with Gasteiger partial charge in [0, 0.05) is 23.2 Å². The lowest BCUT2D eigenvalue weighted by molar-refractivity contribution is -0.124. The molecule has 0 saturated heterocycles. The number of hydrogen-bond donors (Lipinski definition) is 1. The summed E-state index contributed by atoms with van der Waals surface area (Å²) in [6.07, 6.45) is 3.69. The monoisotopic (exact) mass is 447 g/mol. The van der Waals surface area contributed by atoms with E-state index < -0.39 is 5.44 Å². The molecule has 4 rings (SSSR count). The van der Waals surface area contributed by atoms with Crippen molar-refractivity contribution in [2.45, 2.75) is 32.8 Å². The molecule has 4 aromatic rings. The topological polar surface area (TPSA) is 77.2 Å². The third-order valence-corrected chi connectivity index (χ3v) is 5.84. The first-order valence-corrected chi connectivity index (χ1v) is 11.6. The highest BCUT2D eigenvalue weighted by molar-refractivity contribution is 7.99. The molecule has 0 spiro atoms. The molecule has 2 heterocycles. The molecule has 6 nitrogen and oxygen atoms in total. The van der Waals surface area contributed by atoms with E-state index in [1.165, 1.54) is 17.3 Å². The van der Waals surface area contributed by atoms with Crippen LogP contribution in [0.25, 0.3) is 22.2 Å². The van der Waals surface area contributed by atoms with Crippen molar-refractivity contribution in [3.05, 3.63) is 77.2 Å². The molecule has 0 aliphatic heterocycles. The zero-order chi connectivity index (χ0) is 22.7. The fourth-order valence-electron chi connectivity index (χ4n) is 3.42. The van der Waals surface area contributed by atoms with E-state index in [-0.39, 0.29) is 12.5 Å². The Morgan fingerprint density at radius 3 is 2.62 bits per heavy atom. The Bertz CT molecular complexity index is 1250. The van der Waals surface area contributed by atoms with Crippen molar-refractivity contribution in [1.82, 2.24) is 15.5 Å². The molecule has 1 amide bonds. The molecule has 164 valence electrons. The molecule has 1 atom stereocenters. The molecule has 0 aliphatic carbocycles. The minimum atomic E-state index is -0.691. The van der Waals surface area contributed by atoms with Crippen LogP contribution in [0.4, 0.5) is 0 Å². The van der Waals surface area contributed by atoms with E-state index >= 15 is 0 Å². The zero-order valence-electron chi connectivity index (χ0n) is 18.5. The Morgan fingerprint density at radius 1 is 1.09 bits per heavy atom. The number of aromatic nitrogens is 2. The number of carbonyl (C=O) groups is 1. The van der Waals surface area contributed by atoms with Gasteiger partial charge in [0.2, 0.25) is 5.44 Å². The van der Waals surface area contributed by atoms with Gasteiger partial charge in [0.1, 0.15) is 11.4 Å². The second kappa shape index (κ2) is 9.44. The number of carbonyl (C=O) groups excluding carboxylic acids is 1. The van der Waals surface area contributed by atoms with Crippen LogP contribution in [0.1, 0.15) is 22.5 Å². The number of benzene rings is 2. The van der Waals surface area contributed by atoms with Gasteiger partial charge in [0.05, 0.1) is 12.1 Å². The van der Waals surface area contributed by atoms with E-state index in [2.05, 4.69) is 21.5 Å². The smallest absolute Gasteiger partial charge is 0.272 e. The van der Waals surface area contributed by atoms with Gasteiger partial charge in [-0.3, -0.25) is 9.78 Å². The van der Waals surface area contributed by atoms with Gasteiger partial charge in [-0.2, -0.15) is 0 Å². The van der Waals surface area contributed by atoms with Gasteiger partial charge < -0.3 is 14.6 Å². The highest BCUT2D eigenvalue weighted by Gasteiger charge is 2.20. The standard InChI is InChI=1S/C25H25N3O3S/c1-15-5-7-18(8-6-15)22-12-21(31-28-22)14-27-24(29)25(32-4)30-20-10-17(3)23-19(11-20)9-16(2)13-26-23/h5-13,25H,14H2,1-4H3,(H,27,29). The predicted octanol–water partition coefficient (Wildman–Crippen LogP) is 5.20. The van der Waals surface area contributed by atoms with Crippen LogP contribution in [0.2, 0.25) is 0 Å². The summed E-state index contributed by atoms with van der Waals surface area (Å²) in [6, 6.07) is 15.8. The van der Waals surface area contributed by atoms with Crippen molar-refractivity contribution < 1.29 is 14.1 Å². The maximum Gasteiger partial charge on any atom is 0.272 e. The largest absolute Gasteiger partial charge is 0.470 e. The van der Waals surface area contributed by atoms with Crippen LogP contribution in [-0.2, 0) is 11.3 Å². The maximum absolute atomic E-state index is 12.7. The predicted molar refractivity (Wildman–Crippen MR) is 128 cm³/mol. The van der Waals surface area contributed by atoms with Gasteiger partial charge >= 0.3 is 0 Å². The third kappa shape index (κ3) is 4.94. The molecule has 7 heteroatoms. The first-order chi connectivity index (χ1) is 15.4. The second-order valence-corrected chi connectivity index (χ2v) is 8.67. The van der Waals surface area contributed by atoms with Crippen molar-refractivity contribution in [3.8, 4) is 17.0 Å². The Labute approximate surface area is 191 Å². The number of aryl methyl sites for hydroxylation is 3. The first kappa shape index (κ1) is 21.9. The third-order valence-electron chi connectivity index (χ3n) is 5.10. The Kier molecular flexibility index (Phi) is 6.46. The van der Waals surface area contributed by atoms with Gasteiger partial charge in [-0.15, -0.1) is 11.8 Å². The van der Waals surface area contributed by atoms with Gasteiger partial charge in [-0.05, 0) is 56.4 Å². The number of ether oxygens (including phenoxy) is 1. The lowest BCUT2D eigenvalue weighted by Gasteiger charge is -2.17. The van der Waals surface area contributed by atoms with Crippen LogP contribution in [0.5, 0.6) is 5.75 Å². The Hall–Kier alpha value is -3.32. The van der Waals surface area contributed by atoms with Crippen molar-refractivity contribution in [1.29, 1.82) is 0 Å². The average Bonchev–Trinajstić information content (AvgIpc) is 3.25. The molecule has 1 unspecified atom stereocenters. The fourth-order valence-corrected chi connectivity index (χ4v) is 3.93. The van der Waals surface area contributed by atoms with Gasteiger partial charge in [0.25, 0.3) is 5.91 Å². The normalized spacial score (nSPS) is 12.0. The summed E-state index contributed by atoms with van der Waals surface area (Å²) in [6.45, 7) is 6.26. The number of hydrogen-bond acceptors (Lipinski definition) is 6. The van der Waals surface area contributed by atoms with Crippen LogP contribution >= 0.6 is 11.8 Å². The summed E-state index contributed by atoms with van der Waals surface area (Å²) in [4.78, 5) is 17.2. The molecule has 2 aromatic carbocycles. The molecule has 0 aliphatic rings. The van der Waals surface area contributed by atoms with Crippen LogP contribution in [0.15, 0.2) is 59.3 Å². The number of amides is 1. The minimum absolute atomic E-state index is 0.231. The maximum atomic E-state index is 12.7. The van der Waals surface area contributed by atoms with E-state index in [9.17, 15) is 4.79 Å². The van der Waals surface area contributed by atoms with Gasteiger partial charge in [0.15, 0.2) is 5.76 Å². The van der Waals surface area contributed by atoms with Crippen LogP contribution < -0.4 is 10.1 Å². The van der Waals surface area contributed by atoms with E-state index in [1.54, 1.807) is 0 Å².